The SMILES string of the molecule is CC1(c2nc(-c3cc(Br)cs3)no2)CCCCN1.Cl. The Bertz CT molecular complexity index is 551. The van der Waals surface area contributed by atoms with Crippen molar-refractivity contribution in [1.82, 2.24) is 15.5 Å². The molecule has 3 heterocycles. The molecule has 104 valence electrons. The summed E-state index contributed by atoms with van der Waals surface area (Å²) in [5, 5.41) is 9.58. The van der Waals surface area contributed by atoms with Crippen molar-refractivity contribution in [2.45, 2.75) is 31.7 Å². The van der Waals surface area contributed by atoms with Crippen molar-refractivity contribution in [1.29, 1.82) is 0 Å². The van der Waals surface area contributed by atoms with E-state index in [4.69, 9.17) is 4.52 Å². The van der Waals surface area contributed by atoms with Gasteiger partial charge in [-0.05, 0) is 54.7 Å². The minimum absolute atomic E-state index is 0. The molecule has 1 fully saturated rings. The molecule has 0 amide bonds. The average molecular weight is 365 g/mol. The van der Waals surface area contributed by atoms with Gasteiger partial charge in [-0.2, -0.15) is 4.98 Å². The molecule has 0 aromatic carbocycles. The summed E-state index contributed by atoms with van der Waals surface area (Å²) in [5.41, 5.74) is -0.169. The van der Waals surface area contributed by atoms with Crippen LogP contribution in [0, 0.1) is 0 Å². The minimum Gasteiger partial charge on any atom is -0.337 e. The lowest BCUT2D eigenvalue weighted by Gasteiger charge is -2.31. The van der Waals surface area contributed by atoms with Gasteiger partial charge in [-0.25, -0.2) is 0 Å². The number of halogens is 2. The van der Waals surface area contributed by atoms with E-state index in [1.807, 2.05) is 11.4 Å². The Kier molecular flexibility index (Phi) is 4.66. The maximum Gasteiger partial charge on any atom is 0.246 e. The van der Waals surface area contributed by atoms with Gasteiger partial charge in [0.25, 0.3) is 0 Å². The van der Waals surface area contributed by atoms with Crippen LogP contribution in [0.15, 0.2) is 20.4 Å². The Balaban J connectivity index is 0.00000133. The molecular formula is C12H15BrClN3OS. The topological polar surface area (TPSA) is 51.0 Å². The number of thiophene rings is 1. The molecule has 2 aromatic rings. The van der Waals surface area contributed by atoms with E-state index in [0.29, 0.717) is 11.7 Å². The van der Waals surface area contributed by atoms with Crippen molar-refractivity contribution in [2.24, 2.45) is 0 Å². The second kappa shape index (κ2) is 5.91. The highest BCUT2D eigenvalue weighted by Crippen LogP contribution is 2.32. The molecular weight excluding hydrogens is 350 g/mol. The van der Waals surface area contributed by atoms with Gasteiger partial charge in [-0.3, -0.25) is 0 Å². The van der Waals surface area contributed by atoms with Crippen LogP contribution in [-0.2, 0) is 5.54 Å². The van der Waals surface area contributed by atoms with E-state index in [2.05, 4.69) is 38.3 Å². The molecule has 0 aliphatic carbocycles. The van der Waals surface area contributed by atoms with Crippen LogP contribution in [0.1, 0.15) is 32.1 Å². The first-order valence-corrected chi connectivity index (χ1v) is 7.68. The van der Waals surface area contributed by atoms with Gasteiger partial charge in [-0.1, -0.05) is 5.16 Å². The number of aromatic nitrogens is 2. The maximum absolute atomic E-state index is 5.44. The van der Waals surface area contributed by atoms with Gasteiger partial charge < -0.3 is 9.84 Å². The number of piperidine rings is 1. The fraction of sp³-hybridized carbons (Fsp3) is 0.500. The Morgan fingerprint density at radius 3 is 2.95 bits per heavy atom. The van der Waals surface area contributed by atoms with Gasteiger partial charge in [0.05, 0.1) is 10.4 Å². The highest BCUT2D eigenvalue weighted by molar-refractivity contribution is 9.10. The largest absolute Gasteiger partial charge is 0.337 e. The number of rotatable bonds is 2. The van der Waals surface area contributed by atoms with Gasteiger partial charge in [0.2, 0.25) is 11.7 Å². The normalized spacial score (nSPS) is 23.1. The molecule has 0 radical (unpaired) electrons. The van der Waals surface area contributed by atoms with Crippen molar-refractivity contribution in [3.8, 4) is 10.7 Å². The monoisotopic (exact) mass is 363 g/mol. The zero-order valence-corrected chi connectivity index (χ0v) is 13.7. The van der Waals surface area contributed by atoms with Gasteiger partial charge in [0.1, 0.15) is 0 Å². The lowest BCUT2D eigenvalue weighted by Crippen LogP contribution is -2.43. The molecule has 0 saturated carbocycles. The second-order valence-corrected chi connectivity index (χ2v) is 6.60. The Hall–Kier alpha value is -0.430. The molecule has 1 aliphatic rings. The quantitative estimate of drug-likeness (QED) is 0.876. The number of nitrogens with zero attached hydrogens (tertiary/aromatic N) is 2. The molecule has 1 aliphatic heterocycles. The summed E-state index contributed by atoms with van der Waals surface area (Å²) in [7, 11) is 0. The van der Waals surface area contributed by atoms with Crippen LogP contribution in [0.25, 0.3) is 10.7 Å². The van der Waals surface area contributed by atoms with Crippen molar-refractivity contribution in [2.75, 3.05) is 6.54 Å². The third-order valence-corrected chi connectivity index (χ3v) is 4.99. The first-order chi connectivity index (χ1) is 8.67. The van der Waals surface area contributed by atoms with Gasteiger partial charge in [0.15, 0.2) is 0 Å². The third-order valence-electron chi connectivity index (χ3n) is 3.30. The van der Waals surface area contributed by atoms with Crippen molar-refractivity contribution < 1.29 is 4.52 Å². The van der Waals surface area contributed by atoms with Crippen molar-refractivity contribution in [3.05, 3.63) is 21.8 Å². The standard InChI is InChI=1S/C12H14BrN3OS.ClH/c1-12(4-2-3-5-14-12)11-15-10(16-17-11)9-6-8(13)7-18-9;/h6-7,14H,2-5H2,1H3;1H. The van der Waals surface area contributed by atoms with E-state index in [1.54, 1.807) is 11.3 Å². The van der Waals surface area contributed by atoms with Crippen LogP contribution in [0.3, 0.4) is 0 Å². The summed E-state index contributed by atoms with van der Waals surface area (Å²) in [6.45, 7) is 3.15. The average Bonchev–Trinajstić information content (AvgIpc) is 2.98. The van der Waals surface area contributed by atoms with Crippen LogP contribution < -0.4 is 5.32 Å². The molecule has 7 heteroatoms. The zero-order valence-electron chi connectivity index (χ0n) is 10.5. The Labute approximate surface area is 130 Å². The van der Waals surface area contributed by atoms with Crippen LogP contribution in [-0.4, -0.2) is 16.7 Å². The summed E-state index contributed by atoms with van der Waals surface area (Å²) >= 11 is 5.04. The predicted octanol–water partition coefficient (Wildman–Crippen LogP) is 3.97. The van der Waals surface area contributed by atoms with E-state index in [-0.39, 0.29) is 17.9 Å². The van der Waals surface area contributed by atoms with E-state index >= 15 is 0 Å². The van der Waals surface area contributed by atoms with Crippen LogP contribution in [0.5, 0.6) is 0 Å². The van der Waals surface area contributed by atoms with Crippen molar-refractivity contribution >= 4 is 39.7 Å². The molecule has 19 heavy (non-hydrogen) atoms. The lowest BCUT2D eigenvalue weighted by molar-refractivity contribution is 0.207. The molecule has 1 saturated heterocycles. The van der Waals surface area contributed by atoms with Crippen LogP contribution >= 0.6 is 39.7 Å². The third kappa shape index (κ3) is 3.02. The van der Waals surface area contributed by atoms with Crippen molar-refractivity contribution in [3.63, 3.8) is 0 Å². The molecule has 2 aromatic heterocycles. The molecule has 1 N–H and O–H groups in total. The van der Waals surface area contributed by atoms with E-state index < -0.39 is 0 Å². The van der Waals surface area contributed by atoms with E-state index in [0.717, 1.165) is 22.3 Å². The van der Waals surface area contributed by atoms with E-state index in [1.165, 1.54) is 12.8 Å². The number of hydrogen-bond acceptors (Lipinski definition) is 5. The molecule has 3 rings (SSSR count). The predicted molar refractivity (Wildman–Crippen MR) is 81.8 cm³/mol. The Morgan fingerprint density at radius 1 is 1.47 bits per heavy atom. The molecule has 1 atom stereocenters. The van der Waals surface area contributed by atoms with Gasteiger partial charge >= 0.3 is 0 Å². The smallest absolute Gasteiger partial charge is 0.246 e. The summed E-state index contributed by atoms with van der Waals surface area (Å²) in [6.07, 6.45) is 3.46. The Morgan fingerprint density at radius 2 is 2.32 bits per heavy atom. The number of hydrogen-bond donors (Lipinski definition) is 1. The molecule has 0 bridgehead atoms. The summed E-state index contributed by atoms with van der Waals surface area (Å²) in [5.74, 6) is 1.37. The lowest BCUT2D eigenvalue weighted by atomic mass is 9.91. The fourth-order valence-electron chi connectivity index (χ4n) is 2.22. The van der Waals surface area contributed by atoms with E-state index in [9.17, 15) is 0 Å². The van der Waals surface area contributed by atoms with Gasteiger partial charge in [0, 0.05) is 9.85 Å². The first-order valence-electron chi connectivity index (χ1n) is 6.01. The zero-order chi connectivity index (χ0) is 12.6. The van der Waals surface area contributed by atoms with Crippen LogP contribution in [0.2, 0.25) is 0 Å². The molecule has 1 unspecified atom stereocenters. The fourth-order valence-corrected chi connectivity index (χ4v) is 3.57. The second-order valence-electron chi connectivity index (χ2n) is 4.77. The van der Waals surface area contributed by atoms with Gasteiger partial charge in [-0.15, -0.1) is 23.7 Å². The van der Waals surface area contributed by atoms with Crippen LogP contribution in [0.4, 0.5) is 0 Å². The first kappa shape index (κ1) is 15.0. The molecule has 0 spiro atoms. The highest BCUT2D eigenvalue weighted by atomic mass is 79.9. The summed E-state index contributed by atoms with van der Waals surface area (Å²) in [6, 6.07) is 2.01. The summed E-state index contributed by atoms with van der Waals surface area (Å²) < 4.78 is 6.49. The number of nitrogens with one attached hydrogen (secondary N) is 1. The minimum atomic E-state index is -0.169. The summed E-state index contributed by atoms with van der Waals surface area (Å²) in [4.78, 5) is 5.56. The highest BCUT2D eigenvalue weighted by Gasteiger charge is 2.34. The molecule has 4 nitrogen and oxygen atoms in total. The maximum atomic E-state index is 5.44.